The molecule has 5 heteroatoms. The first-order valence-corrected chi connectivity index (χ1v) is 7.62. The number of aliphatic hydroxyl groups is 1. The van der Waals surface area contributed by atoms with Crippen LogP contribution in [-0.2, 0) is 9.53 Å². The van der Waals surface area contributed by atoms with E-state index in [0.29, 0.717) is 13.1 Å². The van der Waals surface area contributed by atoms with Crippen LogP contribution in [0.25, 0.3) is 0 Å². The van der Waals surface area contributed by atoms with Crippen LogP contribution in [0.5, 0.6) is 0 Å². The minimum Gasteiger partial charge on any atom is -0.394 e. The van der Waals surface area contributed by atoms with Crippen molar-refractivity contribution in [2.45, 2.75) is 45.3 Å². The number of likely N-dealkylation sites (N-methyl/N-ethyl adjacent to an activating group) is 1. The maximum absolute atomic E-state index is 12.5. The Kier molecular flexibility index (Phi) is 5.57. The van der Waals surface area contributed by atoms with Gasteiger partial charge >= 0.3 is 0 Å². The number of ether oxygens (including phenoxy) is 1. The Morgan fingerprint density at radius 1 is 1.55 bits per heavy atom. The summed E-state index contributed by atoms with van der Waals surface area (Å²) >= 11 is 0. The number of aliphatic hydroxyl groups excluding tert-OH is 1. The van der Waals surface area contributed by atoms with Crippen LogP contribution in [0, 0.1) is 0 Å². The number of morpholine rings is 1. The average molecular weight is 282 g/mol. The fourth-order valence-electron chi connectivity index (χ4n) is 3.09. The van der Waals surface area contributed by atoms with Crippen molar-refractivity contribution in [3.63, 3.8) is 0 Å². The normalized spacial score (nSPS) is 27.4. The first kappa shape index (κ1) is 15.5. The van der Waals surface area contributed by atoms with Gasteiger partial charge in [-0.05, 0) is 33.1 Å². The molecule has 0 spiro atoms. The fourth-order valence-corrected chi connectivity index (χ4v) is 3.09. The molecule has 1 amide bonds. The molecular weight excluding hydrogens is 256 g/mol. The molecule has 2 aliphatic rings. The van der Waals surface area contributed by atoms with Gasteiger partial charge < -0.3 is 14.7 Å². The highest BCUT2D eigenvalue weighted by atomic mass is 16.5. The molecule has 2 unspecified atom stereocenters. The van der Waals surface area contributed by atoms with Gasteiger partial charge in [0.05, 0.1) is 25.4 Å². The lowest BCUT2D eigenvalue weighted by Crippen LogP contribution is -2.51. The number of carbonyl (C=O) groups is 1. The second kappa shape index (κ2) is 7.20. The Balaban J connectivity index is 1.92. The van der Waals surface area contributed by atoms with Crippen molar-refractivity contribution in [2.75, 3.05) is 32.8 Å². The van der Waals surface area contributed by atoms with E-state index >= 15 is 0 Å². The number of rotatable bonds is 5. The third-order valence-corrected chi connectivity index (χ3v) is 3.95. The Hall–Kier alpha value is -0.910. The van der Waals surface area contributed by atoms with Gasteiger partial charge in [-0.1, -0.05) is 6.08 Å². The summed E-state index contributed by atoms with van der Waals surface area (Å²) < 4.78 is 5.61. The van der Waals surface area contributed by atoms with Crippen molar-refractivity contribution >= 4 is 5.91 Å². The van der Waals surface area contributed by atoms with Crippen molar-refractivity contribution < 1.29 is 14.6 Å². The van der Waals surface area contributed by atoms with E-state index in [4.69, 9.17) is 4.74 Å². The molecule has 1 saturated heterocycles. The molecule has 1 aliphatic heterocycles. The summed E-state index contributed by atoms with van der Waals surface area (Å²) in [7, 11) is 0. The van der Waals surface area contributed by atoms with E-state index in [9.17, 15) is 9.90 Å². The fraction of sp³-hybridized carbons (Fsp3) is 0.800. The van der Waals surface area contributed by atoms with Crippen LogP contribution in [0.2, 0.25) is 0 Å². The number of nitrogens with zero attached hydrogens (tertiary/aromatic N) is 2. The summed E-state index contributed by atoms with van der Waals surface area (Å²) in [6.45, 7) is 6.54. The number of allylic oxidation sites excluding steroid dienone is 2. The Labute approximate surface area is 121 Å². The molecule has 2 rings (SSSR count). The quantitative estimate of drug-likeness (QED) is 0.817. The zero-order chi connectivity index (χ0) is 14.5. The van der Waals surface area contributed by atoms with Crippen LogP contribution in [0.1, 0.15) is 33.1 Å². The second-order valence-electron chi connectivity index (χ2n) is 5.67. The lowest BCUT2D eigenvalue weighted by atomic mass is 10.2. The molecule has 1 N–H and O–H groups in total. The average Bonchev–Trinajstić information content (AvgIpc) is 2.92. The third kappa shape index (κ3) is 3.81. The molecule has 0 bridgehead atoms. The van der Waals surface area contributed by atoms with Crippen molar-refractivity contribution in [1.29, 1.82) is 0 Å². The van der Waals surface area contributed by atoms with Crippen LogP contribution >= 0.6 is 0 Å². The molecule has 0 aromatic heterocycles. The summed E-state index contributed by atoms with van der Waals surface area (Å²) in [5.41, 5.74) is 1.18. The van der Waals surface area contributed by atoms with Crippen molar-refractivity contribution in [1.82, 2.24) is 9.80 Å². The van der Waals surface area contributed by atoms with Gasteiger partial charge in [0.25, 0.3) is 0 Å². The molecule has 20 heavy (non-hydrogen) atoms. The highest BCUT2D eigenvalue weighted by molar-refractivity contribution is 5.80. The van der Waals surface area contributed by atoms with Gasteiger partial charge in [-0.25, -0.2) is 0 Å². The summed E-state index contributed by atoms with van der Waals surface area (Å²) in [5.74, 6) is 0.159. The standard InChI is InChI=1S/C15H26N2O3/c1-3-17(13-6-4-5-7-13)15(19)10-16-8-12(2)20-14(9-16)11-18/h6,12,14,18H,3-5,7-11H2,1-2H3. The number of carbonyl (C=O) groups excluding carboxylic acids is 1. The summed E-state index contributed by atoms with van der Waals surface area (Å²) in [6, 6.07) is 0. The maximum Gasteiger partial charge on any atom is 0.240 e. The largest absolute Gasteiger partial charge is 0.394 e. The summed E-state index contributed by atoms with van der Waals surface area (Å²) in [6.07, 6.45) is 5.32. The molecule has 1 heterocycles. The molecule has 5 nitrogen and oxygen atoms in total. The molecule has 1 fully saturated rings. The molecule has 114 valence electrons. The first-order valence-electron chi connectivity index (χ1n) is 7.62. The predicted octanol–water partition coefficient (Wildman–Crippen LogP) is 0.984. The van der Waals surface area contributed by atoms with Gasteiger partial charge in [-0.3, -0.25) is 9.69 Å². The van der Waals surface area contributed by atoms with E-state index in [0.717, 1.165) is 32.4 Å². The summed E-state index contributed by atoms with van der Waals surface area (Å²) in [4.78, 5) is 16.5. The summed E-state index contributed by atoms with van der Waals surface area (Å²) in [5, 5.41) is 9.23. The van der Waals surface area contributed by atoms with E-state index < -0.39 is 0 Å². The van der Waals surface area contributed by atoms with Crippen molar-refractivity contribution in [2.24, 2.45) is 0 Å². The monoisotopic (exact) mass is 282 g/mol. The Morgan fingerprint density at radius 2 is 2.35 bits per heavy atom. The van der Waals surface area contributed by atoms with E-state index in [2.05, 4.69) is 11.0 Å². The predicted molar refractivity (Wildman–Crippen MR) is 77.2 cm³/mol. The van der Waals surface area contributed by atoms with Gasteiger partial charge in [0, 0.05) is 25.3 Å². The van der Waals surface area contributed by atoms with E-state index in [-0.39, 0.29) is 24.7 Å². The molecule has 1 aliphatic carbocycles. The molecule has 0 radical (unpaired) electrons. The first-order chi connectivity index (χ1) is 9.63. The van der Waals surface area contributed by atoms with E-state index in [1.807, 2.05) is 18.7 Å². The third-order valence-electron chi connectivity index (χ3n) is 3.95. The second-order valence-corrected chi connectivity index (χ2v) is 5.67. The van der Waals surface area contributed by atoms with Crippen LogP contribution in [0.4, 0.5) is 0 Å². The number of amides is 1. The van der Waals surface area contributed by atoms with Gasteiger partial charge in [-0.2, -0.15) is 0 Å². The van der Waals surface area contributed by atoms with Gasteiger partial charge in [0.1, 0.15) is 0 Å². The van der Waals surface area contributed by atoms with Gasteiger partial charge in [0.15, 0.2) is 0 Å². The molecule has 2 atom stereocenters. The van der Waals surface area contributed by atoms with E-state index in [1.54, 1.807) is 0 Å². The lowest BCUT2D eigenvalue weighted by Gasteiger charge is -2.36. The molecule has 0 saturated carbocycles. The molecule has 0 aromatic carbocycles. The minimum absolute atomic E-state index is 0.0116. The topological polar surface area (TPSA) is 53.0 Å². The van der Waals surface area contributed by atoms with E-state index in [1.165, 1.54) is 5.70 Å². The van der Waals surface area contributed by atoms with Crippen molar-refractivity contribution in [3.05, 3.63) is 11.8 Å². The zero-order valence-corrected chi connectivity index (χ0v) is 12.5. The van der Waals surface area contributed by atoms with Gasteiger partial charge in [0.2, 0.25) is 5.91 Å². The molecule has 0 aromatic rings. The maximum atomic E-state index is 12.5. The smallest absolute Gasteiger partial charge is 0.240 e. The Bertz CT molecular complexity index is 370. The SMILES string of the molecule is CCN(C(=O)CN1CC(C)OC(CO)C1)C1=CCCC1. The van der Waals surface area contributed by atoms with Crippen LogP contribution in [0.15, 0.2) is 11.8 Å². The molecular formula is C15H26N2O3. The highest BCUT2D eigenvalue weighted by Crippen LogP contribution is 2.22. The highest BCUT2D eigenvalue weighted by Gasteiger charge is 2.28. The van der Waals surface area contributed by atoms with Crippen LogP contribution < -0.4 is 0 Å². The number of hydrogen-bond donors (Lipinski definition) is 1. The zero-order valence-electron chi connectivity index (χ0n) is 12.5. The lowest BCUT2D eigenvalue weighted by molar-refractivity contribution is -0.136. The van der Waals surface area contributed by atoms with Crippen molar-refractivity contribution in [3.8, 4) is 0 Å². The van der Waals surface area contributed by atoms with Crippen LogP contribution in [0.3, 0.4) is 0 Å². The minimum atomic E-state index is -0.174. The van der Waals surface area contributed by atoms with Gasteiger partial charge in [-0.15, -0.1) is 0 Å². The Morgan fingerprint density at radius 3 is 2.95 bits per heavy atom. The van der Waals surface area contributed by atoms with Crippen LogP contribution in [-0.4, -0.2) is 65.8 Å². The number of hydrogen-bond acceptors (Lipinski definition) is 4.